The largest absolute Gasteiger partial charge is 0.416 e. The van der Waals surface area contributed by atoms with Crippen LogP contribution in [0.3, 0.4) is 0 Å². The van der Waals surface area contributed by atoms with Crippen LogP contribution in [0.5, 0.6) is 0 Å². The number of rotatable bonds is 2. The average molecular weight is 353 g/mol. The maximum Gasteiger partial charge on any atom is 0.416 e. The highest BCUT2D eigenvalue weighted by atomic mass is 35.5. The Bertz CT molecular complexity index is 714. The van der Waals surface area contributed by atoms with E-state index in [0.717, 1.165) is 12.1 Å². The van der Waals surface area contributed by atoms with Gasteiger partial charge in [0.1, 0.15) is 0 Å². The van der Waals surface area contributed by atoms with Gasteiger partial charge in [-0.3, -0.25) is 4.21 Å². The minimum Gasteiger partial charge on any atom is -0.255 e. The second kappa shape index (κ2) is 5.99. The molecular formula is C14H9Cl2F3OS. The highest BCUT2D eigenvalue weighted by Crippen LogP contribution is 2.37. The maximum atomic E-state index is 12.8. The van der Waals surface area contributed by atoms with Crippen LogP contribution in [0.2, 0.25) is 10.0 Å². The van der Waals surface area contributed by atoms with E-state index >= 15 is 0 Å². The summed E-state index contributed by atoms with van der Waals surface area (Å²) < 4.78 is 50.0. The lowest BCUT2D eigenvalue weighted by Gasteiger charge is -2.13. The Labute approximate surface area is 132 Å². The predicted octanol–water partition coefficient (Wildman–Crippen LogP) is 5.42. The molecule has 2 aromatic carbocycles. The molecule has 0 fully saturated rings. The van der Waals surface area contributed by atoms with Crippen molar-refractivity contribution in [3.63, 3.8) is 0 Å². The van der Waals surface area contributed by atoms with Crippen molar-refractivity contribution in [2.75, 3.05) is 6.26 Å². The van der Waals surface area contributed by atoms with E-state index in [-0.39, 0.29) is 9.92 Å². The molecule has 7 heteroatoms. The molecule has 112 valence electrons. The van der Waals surface area contributed by atoms with Gasteiger partial charge in [-0.15, -0.1) is 0 Å². The summed E-state index contributed by atoms with van der Waals surface area (Å²) >= 11 is 11.9. The van der Waals surface area contributed by atoms with Crippen molar-refractivity contribution < 1.29 is 17.4 Å². The van der Waals surface area contributed by atoms with E-state index in [0.29, 0.717) is 16.1 Å². The zero-order valence-corrected chi connectivity index (χ0v) is 13.0. The van der Waals surface area contributed by atoms with Gasteiger partial charge in [-0.1, -0.05) is 35.3 Å². The van der Waals surface area contributed by atoms with Gasteiger partial charge in [0.2, 0.25) is 0 Å². The van der Waals surface area contributed by atoms with Crippen molar-refractivity contribution >= 4 is 34.0 Å². The highest BCUT2D eigenvalue weighted by molar-refractivity contribution is 7.84. The molecule has 0 bridgehead atoms. The van der Waals surface area contributed by atoms with Crippen molar-refractivity contribution in [2.24, 2.45) is 0 Å². The molecule has 1 atom stereocenters. The van der Waals surface area contributed by atoms with Crippen molar-refractivity contribution in [3.05, 3.63) is 52.0 Å². The molecule has 1 unspecified atom stereocenters. The molecule has 0 spiro atoms. The summed E-state index contributed by atoms with van der Waals surface area (Å²) in [6, 6.07) is 7.74. The molecule has 0 heterocycles. The number of alkyl halides is 3. The molecular weight excluding hydrogens is 344 g/mol. The minimum absolute atomic E-state index is 0.0778. The summed E-state index contributed by atoms with van der Waals surface area (Å²) in [5, 5.41) is 0.698. The van der Waals surface area contributed by atoms with Crippen molar-refractivity contribution in [2.45, 2.75) is 11.1 Å². The van der Waals surface area contributed by atoms with Crippen LogP contribution in [0.15, 0.2) is 41.3 Å². The van der Waals surface area contributed by atoms with E-state index in [4.69, 9.17) is 23.2 Å². The van der Waals surface area contributed by atoms with Crippen LogP contribution in [0, 0.1) is 0 Å². The number of hydrogen-bond donors (Lipinski definition) is 0. The molecule has 0 N–H and O–H groups in total. The van der Waals surface area contributed by atoms with Crippen LogP contribution in [-0.4, -0.2) is 10.5 Å². The first kappa shape index (κ1) is 16.3. The lowest BCUT2D eigenvalue weighted by atomic mass is 10.0. The van der Waals surface area contributed by atoms with E-state index in [2.05, 4.69) is 0 Å². The Kier molecular flexibility index (Phi) is 4.66. The molecule has 0 aliphatic carbocycles. The van der Waals surface area contributed by atoms with E-state index in [1.54, 1.807) is 12.1 Å². The van der Waals surface area contributed by atoms with Crippen molar-refractivity contribution in [1.29, 1.82) is 0 Å². The molecule has 0 aromatic heterocycles. The van der Waals surface area contributed by atoms with Crippen LogP contribution in [0.25, 0.3) is 11.1 Å². The number of hydrogen-bond acceptors (Lipinski definition) is 1. The Morgan fingerprint density at radius 1 is 1.00 bits per heavy atom. The second-order valence-corrected chi connectivity index (χ2v) is 6.48. The summed E-state index contributed by atoms with van der Waals surface area (Å²) in [6.45, 7) is 0. The predicted molar refractivity (Wildman–Crippen MR) is 79.2 cm³/mol. The van der Waals surface area contributed by atoms with Crippen LogP contribution in [-0.2, 0) is 17.0 Å². The molecule has 2 aromatic rings. The van der Waals surface area contributed by atoms with Crippen LogP contribution in [0.1, 0.15) is 5.56 Å². The quantitative estimate of drug-likeness (QED) is 0.705. The maximum absolute atomic E-state index is 12.8. The first-order valence-corrected chi connectivity index (χ1v) is 8.01. The van der Waals surface area contributed by atoms with Crippen molar-refractivity contribution in [1.82, 2.24) is 0 Å². The Balaban J connectivity index is 2.66. The fraction of sp³-hybridized carbons (Fsp3) is 0.143. The summed E-state index contributed by atoms with van der Waals surface area (Å²) in [5.74, 6) is 0. The van der Waals surface area contributed by atoms with Gasteiger partial charge in [0.15, 0.2) is 0 Å². The van der Waals surface area contributed by atoms with Gasteiger partial charge in [-0.2, -0.15) is 13.2 Å². The van der Waals surface area contributed by atoms with Gasteiger partial charge >= 0.3 is 6.18 Å². The number of halogens is 5. The van der Waals surface area contributed by atoms with Crippen LogP contribution in [0.4, 0.5) is 13.2 Å². The minimum atomic E-state index is -4.49. The zero-order chi connectivity index (χ0) is 15.8. The Morgan fingerprint density at radius 2 is 1.62 bits per heavy atom. The van der Waals surface area contributed by atoms with E-state index < -0.39 is 22.5 Å². The first-order valence-electron chi connectivity index (χ1n) is 5.70. The smallest absolute Gasteiger partial charge is 0.255 e. The summed E-state index contributed by atoms with van der Waals surface area (Å²) in [7, 11) is -1.59. The lowest BCUT2D eigenvalue weighted by Crippen LogP contribution is -2.06. The third-order valence-corrected chi connectivity index (χ3v) is 4.34. The topological polar surface area (TPSA) is 17.1 Å². The molecule has 0 saturated heterocycles. The average Bonchev–Trinajstić information content (AvgIpc) is 2.37. The fourth-order valence-corrected chi connectivity index (χ4v) is 3.16. The van der Waals surface area contributed by atoms with Crippen LogP contribution < -0.4 is 0 Å². The number of benzene rings is 2. The molecule has 0 saturated carbocycles. The summed E-state index contributed by atoms with van der Waals surface area (Å²) in [4.78, 5) is 0.0778. The molecule has 0 aliphatic rings. The Morgan fingerprint density at radius 3 is 2.14 bits per heavy atom. The van der Waals surface area contributed by atoms with Gasteiger partial charge < -0.3 is 0 Å². The first-order chi connectivity index (χ1) is 9.70. The molecule has 21 heavy (non-hydrogen) atoms. The van der Waals surface area contributed by atoms with Gasteiger partial charge in [0.25, 0.3) is 0 Å². The normalized spacial score (nSPS) is 13.2. The SMILES string of the molecule is CS(=O)c1cc(C(F)(F)F)ccc1-c1ccc(Cl)cc1Cl. The molecule has 2 rings (SSSR count). The zero-order valence-electron chi connectivity index (χ0n) is 10.7. The standard InChI is InChI=1S/C14H9Cl2F3OS/c1-21(20)13-6-8(14(17,18)19)2-4-11(13)10-5-3-9(15)7-12(10)16/h2-7H,1H3. The second-order valence-electron chi connectivity index (χ2n) is 4.29. The molecule has 0 amide bonds. The van der Waals surface area contributed by atoms with Crippen molar-refractivity contribution in [3.8, 4) is 11.1 Å². The summed E-state index contributed by atoms with van der Waals surface area (Å²) in [6.07, 6.45) is -3.17. The third-order valence-electron chi connectivity index (χ3n) is 2.84. The molecule has 0 aliphatic heterocycles. The summed E-state index contributed by atoms with van der Waals surface area (Å²) in [5.41, 5.74) is 0.0343. The monoisotopic (exact) mass is 352 g/mol. The molecule has 0 radical (unpaired) electrons. The lowest BCUT2D eigenvalue weighted by molar-refractivity contribution is -0.137. The molecule has 1 nitrogen and oxygen atoms in total. The third kappa shape index (κ3) is 3.59. The highest BCUT2D eigenvalue weighted by Gasteiger charge is 2.31. The fourth-order valence-electron chi connectivity index (χ4n) is 1.87. The van der Waals surface area contributed by atoms with Gasteiger partial charge in [-0.25, -0.2) is 0 Å². The van der Waals surface area contributed by atoms with E-state index in [1.165, 1.54) is 18.4 Å². The Hall–Kier alpha value is -1.04. The van der Waals surface area contributed by atoms with Crippen LogP contribution >= 0.6 is 23.2 Å². The van der Waals surface area contributed by atoms with Gasteiger partial charge in [0, 0.05) is 26.8 Å². The van der Waals surface area contributed by atoms with E-state index in [1.807, 2.05) is 0 Å². The van der Waals surface area contributed by atoms with E-state index in [9.17, 15) is 17.4 Å². The van der Waals surface area contributed by atoms with Gasteiger partial charge in [-0.05, 0) is 29.8 Å². The van der Waals surface area contributed by atoms with Gasteiger partial charge in [0.05, 0.1) is 16.4 Å².